The SMILES string of the molecule is O=S(=O)(NC1=[NH+]CCC1)c1cccc(NC(=S)NCCc2ccccc2)c1. The molecule has 0 amide bonds. The summed E-state index contributed by atoms with van der Waals surface area (Å²) >= 11 is 5.30. The van der Waals surface area contributed by atoms with Crippen LogP contribution in [0.1, 0.15) is 18.4 Å². The van der Waals surface area contributed by atoms with Gasteiger partial charge in [0.25, 0.3) is 5.84 Å². The van der Waals surface area contributed by atoms with Gasteiger partial charge in [-0.3, -0.25) is 4.99 Å². The van der Waals surface area contributed by atoms with E-state index < -0.39 is 10.0 Å². The first-order valence-electron chi connectivity index (χ1n) is 8.84. The summed E-state index contributed by atoms with van der Waals surface area (Å²) in [4.78, 5) is 3.24. The molecular formula is C19H23N4O2S2+. The third kappa shape index (κ3) is 5.77. The van der Waals surface area contributed by atoms with E-state index in [-0.39, 0.29) is 4.90 Å². The Morgan fingerprint density at radius 2 is 1.93 bits per heavy atom. The largest absolute Gasteiger partial charge is 0.362 e. The van der Waals surface area contributed by atoms with E-state index in [1.165, 1.54) is 5.56 Å². The van der Waals surface area contributed by atoms with Crippen molar-refractivity contribution >= 4 is 38.9 Å². The number of sulfonamides is 1. The van der Waals surface area contributed by atoms with E-state index in [4.69, 9.17) is 12.2 Å². The predicted octanol–water partition coefficient (Wildman–Crippen LogP) is 0.767. The summed E-state index contributed by atoms with van der Waals surface area (Å²) in [5.74, 6) is 0.645. The summed E-state index contributed by atoms with van der Waals surface area (Å²) in [6.45, 7) is 1.49. The van der Waals surface area contributed by atoms with Gasteiger partial charge in [0.1, 0.15) is 4.90 Å². The third-order valence-corrected chi connectivity index (χ3v) is 5.78. The zero-order chi connectivity index (χ0) is 19.1. The number of amidine groups is 1. The second kappa shape index (κ2) is 8.96. The van der Waals surface area contributed by atoms with Crippen molar-refractivity contribution in [2.24, 2.45) is 0 Å². The van der Waals surface area contributed by atoms with Gasteiger partial charge in [0, 0.05) is 12.2 Å². The van der Waals surface area contributed by atoms with Crippen LogP contribution < -0.4 is 20.3 Å². The summed E-state index contributed by atoms with van der Waals surface area (Å²) in [7, 11) is -3.61. The molecule has 0 aromatic heterocycles. The van der Waals surface area contributed by atoms with Crippen LogP contribution in [0.2, 0.25) is 0 Å². The molecule has 1 aliphatic rings. The lowest BCUT2D eigenvalue weighted by atomic mass is 10.1. The fourth-order valence-electron chi connectivity index (χ4n) is 2.78. The minimum atomic E-state index is -3.61. The summed E-state index contributed by atoms with van der Waals surface area (Å²) in [5, 5.41) is 6.64. The normalized spacial score (nSPS) is 13.7. The summed E-state index contributed by atoms with van der Waals surface area (Å²) in [6, 6.07) is 16.7. The minimum absolute atomic E-state index is 0.195. The fourth-order valence-corrected chi connectivity index (χ4v) is 4.16. The monoisotopic (exact) mass is 403 g/mol. The van der Waals surface area contributed by atoms with Crippen LogP contribution in [0, 0.1) is 0 Å². The molecule has 0 saturated carbocycles. The van der Waals surface area contributed by atoms with E-state index in [1.54, 1.807) is 24.3 Å². The molecule has 2 aromatic rings. The Morgan fingerprint density at radius 3 is 2.67 bits per heavy atom. The smallest absolute Gasteiger partial charge is 0.328 e. The number of benzene rings is 2. The second-order valence-electron chi connectivity index (χ2n) is 6.26. The summed E-state index contributed by atoms with van der Waals surface area (Å²) in [5.41, 5.74) is 1.85. The number of rotatable bonds is 6. The van der Waals surface area contributed by atoms with Crippen molar-refractivity contribution in [2.75, 3.05) is 18.4 Å². The molecule has 0 aliphatic carbocycles. The zero-order valence-electron chi connectivity index (χ0n) is 14.9. The van der Waals surface area contributed by atoms with Gasteiger partial charge in [0.05, 0.1) is 13.0 Å². The summed E-state index contributed by atoms with van der Waals surface area (Å²) < 4.78 is 27.6. The van der Waals surface area contributed by atoms with Gasteiger partial charge in [-0.2, -0.15) is 13.1 Å². The van der Waals surface area contributed by atoms with Crippen LogP contribution in [0.3, 0.4) is 0 Å². The van der Waals surface area contributed by atoms with Crippen molar-refractivity contribution in [3.05, 3.63) is 60.2 Å². The number of hydrogen-bond donors (Lipinski definition) is 4. The molecule has 1 aliphatic heterocycles. The van der Waals surface area contributed by atoms with Crippen molar-refractivity contribution in [2.45, 2.75) is 24.2 Å². The molecule has 0 saturated heterocycles. The van der Waals surface area contributed by atoms with Crippen LogP contribution in [0.5, 0.6) is 0 Å². The number of nitrogens with one attached hydrogen (secondary N) is 4. The van der Waals surface area contributed by atoms with Crippen molar-refractivity contribution in [1.82, 2.24) is 10.0 Å². The first-order chi connectivity index (χ1) is 13.0. The Morgan fingerprint density at radius 1 is 1.11 bits per heavy atom. The molecule has 4 N–H and O–H groups in total. The molecule has 0 bridgehead atoms. The Hall–Kier alpha value is -2.45. The zero-order valence-corrected chi connectivity index (χ0v) is 16.5. The maximum Gasteiger partial charge on any atom is 0.328 e. The lowest BCUT2D eigenvalue weighted by Gasteiger charge is -2.11. The van der Waals surface area contributed by atoms with Crippen LogP contribution in [0.4, 0.5) is 5.69 Å². The molecular weight excluding hydrogens is 380 g/mol. The average Bonchev–Trinajstić information content (AvgIpc) is 3.15. The van der Waals surface area contributed by atoms with Gasteiger partial charge in [-0.15, -0.1) is 0 Å². The van der Waals surface area contributed by atoms with Gasteiger partial charge < -0.3 is 10.6 Å². The van der Waals surface area contributed by atoms with E-state index in [0.717, 1.165) is 19.4 Å². The Bertz CT molecular complexity index is 928. The average molecular weight is 404 g/mol. The molecule has 142 valence electrons. The van der Waals surface area contributed by atoms with Gasteiger partial charge in [-0.05, 0) is 48.8 Å². The topological polar surface area (TPSA) is 84.2 Å². The van der Waals surface area contributed by atoms with Crippen molar-refractivity contribution in [1.29, 1.82) is 0 Å². The van der Waals surface area contributed by atoms with Crippen molar-refractivity contribution in [3.63, 3.8) is 0 Å². The maximum atomic E-state index is 12.5. The molecule has 1 heterocycles. The van der Waals surface area contributed by atoms with E-state index in [1.807, 2.05) is 18.2 Å². The number of hydrogen-bond acceptors (Lipinski definition) is 3. The molecule has 2 aromatic carbocycles. The van der Waals surface area contributed by atoms with Crippen LogP contribution in [-0.2, 0) is 16.4 Å². The second-order valence-corrected chi connectivity index (χ2v) is 8.35. The third-order valence-electron chi connectivity index (χ3n) is 4.14. The van der Waals surface area contributed by atoms with Crippen LogP contribution in [-0.4, -0.2) is 32.5 Å². The van der Waals surface area contributed by atoms with Crippen LogP contribution in [0.15, 0.2) is 59.5 Å². The quantitative estimate of drug-likeness (QED) is 0.536. The maximum absolute atomic E-state index is 12.5. The fraction of sp³-hybridized carbons (Fsp3) is 0.263. The first-order valence-corrected chi connectivity index (χ1v) is 10.7. The van der Waals surface area contributed by atoms with E-state index >= 15 is 0 Å². The molecule has 3 rings (SSSR count). The lowest BCUT2D eigenvalue weighted by molar-refractivity contribution is -0.448. The Balaban J connectivity index is 1.56. The van der Waals surface area contributed by atoms with Crippen LogP contribution in [0.25, 0.3) is 0 Å². The molecule has 27 heavy (non-hydrogen) atoms. The van der Waals surface area contributed by atoms with E-state index in [9.17, 15) is 8.42 Å². The van der Waals surface area contributed by atoms with Gasteiger partial charge >= 0.3 is 10.0 Å². The molecule has 0 atom stereocenters. The van der Waals surface area contributed by atoms with Crippen molar-refractivity contribution in [3.8, 4) is 0 Å². The first kappa shape index (κ1) is 19.3. The van der Waals surface area contributed by atoms with Gasteiger partial charge in [-0.25, -0.2) is 0 Å². The lowest BCUT2D eigenvalue weighted by Crippen LogP contribution is -2.72. The highest BCUT2D eigenvalue weighted by atomic mass is 32.2. The molecule has 8 heteroatoms. The molecule has 0 unspecified atom stereocenters. The highest BCUT2D eigenvalue weighted by molar-refractivity contribution is 7.90. The van der Waals surface area contributed by atoms with Gasteiger partial charge in [0.2, 0.25) is 0 Å². The molecule has 0 radical (unpaired) electrons. The van der Waals surface area contributed by atoms with Gasteiger partial charge in [0.15, 0.2) is 5.11 Å². The number of anilines is 1. The van der Waals surface area contributed by atoms with Crippen LogP contribution >= 0.6 is 12.2 Å². The summed E-state index contributed by atoms with van der Waals surface area (Å²) in [6.07, 6.45) is 2.50. The molecule has 0 fully saturated rings. The predicted molar refractivity (Wildman–Crippen MR) is 111 cm³/mol. The minimum Gasteiger partial charge on any atom is -0.362 e. The number of thiocarbonyl (C=S) groups is 1. The Labute approximate surface area is 165 Å². The van der Waals surface area contributed by atoms with Crippen molar-refractivity contribution < 1.29 is 13.4 Å². The molecule has 6 nitrogen and oxygen atoms in total. The highest BCUT2D eigenvalue weighted by Crippen LogP contribution is 2.15. The molecule has 0 spiro atoms. The van der Waals surface area contributed by atoms with Gasteiger partial charge in [-0.1, -0.05) is 36.4 Å². The Kier molecular flexibility index (Phi) is 6.41. The van der Waals surface area contributed by atoms with E-state index in [2.05, 4.69) is 32.5 Å². The van der Waals surface area contributed by atoms with E-state index in [0.29, 0.717) is 29.6 Å². The standard InChI is InChI=1S/C19H22N4O2S2/c24-27(25,23-18-10-5-12-20-18)17-9-4-8-16(14-17)22-19(26)21-13-11-15-6-2-1-3-7-15/h1-4,6-9,14H,5,10-13H2,(H,20,23)(H2,21,22,26)/p+1. The highest BCUT2D eigenvalue weighted by Gasteiger charge is 2.24.